The van der Waals surface area contributed by atoms with Crippen molar-refractivity contribution in [1.82, 2.24) is 10.6 Å². The van der Waals surface area contributed by atoms with E-state index in [0.717, 1.165) is 13.1 Å². The lowest BCUT2D eigenvalue weighted by Gasteiger charge is -2.11. The summed E-state index contributed by atoms with van der Waals surface area (Å²) in [5, 5.41) is 5.60. The molecule has 1 heterocycles. The van der Waals surface area contributed by atoms with Gasteiger partial charge in [-0.2, -0.15) is 0 Å². The van der Waals surface area contributed by atoms with Crippen LogP contribution in [0.25, 0.3) is 0 Å². The molecule has 0 aromatic rings. The quantitative estimate of drug-likeness (QED) is 0.549. The number of carbonyl (C=O) groups excluding carboxylic acids is 1. The van der Waals surface area contributed by atoms with Crippen LogP contribution in [0, 0.1) is 0 Å². The maximum Gasteiger partial charge on any atom is 0.234 e. The number of rotatable bonds is 0. The van der Waals surface area contributed by atoms with Crippen LogP contribution in [0.3, 0.4) is 0 Å². The minimum absolute atomic E-state index is 0.103. The first-order chi connectivity index (χ1) is 5.39. The Morgan fingerprint density at radius 3 is 1.82 bits per heavy atom. The third-order valence-corrected chi connectivity index (χ3v) is 0.910. The fraction of sp³-hybridized carbons (Fsp3) is 0.875. The SMILES string of the molecule is CC.CC.O=C1CNCCN1. The van der Waals surface area contributed by atoms with Crippen molar-refractivity contribution in [3.63, 3.8) is 0 Å². The lowest BCUT2D eigenvalue weighted by Crippen LogP contribution is -2.44. The van der Waals surface area contributed by atoms with Crippen LogP contribution in [0.15, 0.2) is 0 Å². The van der Waals surface area contributed by atoms with Gasteiger partial charge in [0.1, 0.15) is 0 Å². The van der Waals surface area contributed by atoms with E-state index in [9.17, 15) is 4.79 Å². The van der Waals surface area contributed by atoms with Gasteiger partial charge in [0.15, 0.2) is 0 Å². The lowest BCUT2D eigenvalue weighted by atomic mass is 10.4. The summed E-state index contributed by atoms with van der Waals surface area (Å²) in [7, 11) is 0. The molecule has 1 fully saturated rings. The van der Waals surface area contributed by atoms with Gasteiger partial charge >= 0.3 is 0 Å². The molecule has 3 nitrogen and oxygen atoms in total. The highest BCUT2D eigenvalue weighted by molar-refractivity contribution is 5.78. The van der Waals surface area contributed by atoms with Crippen molar-refractivity contribution in [2.75, 3.05) is 19.6 Å². The van der Waals surface area contributed by atoms with Crippen molar-refractivity contribution in [2.24, 2.45) is 0 Å². The molecule has 0 atom stereocenters. The van der Waals surface area contributed by atoms with Crippen LogP contribution in [0.4, 0.5) is 0 Å². The van der Waals surface area contributed by atoms with E-state index in [4.69, 9.17) is 0 Å². The van der Waals surface area contributed by atoms with Crippen LogP contribution in [0.2, 0.25) is 0 Å². The van der Waals surface area contributed by atoms with E-state index in [-0.39, 0.29) is 5.91 Å². The molecule has 0 aliphatic carbocycles. The fourth-order valence-corrected chi connectivity index (χ4v) is 0.555. The highest BCUT2D eigenvalue weighted by Crippen LogP contribution is 1.69. The summed E-state index contributed by atoms with van der Waals surface area (Å²) in [5.41, 5.74) is 0. The first kappa shape index (κ1) is 13.1. The maximum absolute atomic E-state index is 10.3. The predicted octanol–water partition coefficient (Wildman–Crippen LogP) is 0.758. The molecular weight excluding hydrogens is 140 g/mol. The first-order valence-electron chi connectivity index (χ1n) is 4.37. The second kappa shape index (κ2) is 12.1. The summed E-state index contributed by atoms with van der Waals surface area (Å²) < 4.78 is 0. The summed E-state index contributed by atoms with van der Waals surface area (Å²) in [4.78, 5) is 10.3. The third-order valence-electron chi connectivity index (χ3n) is 0.910. The molecule has 0 aromatic carbocycles. The summed E-state index contributed by atoms with van der Waals surface area (Å²) in [6.45, 7) is 10.2. The van der Waals surface area contributed by atoms with Gasteiger partial charge in [-0.05, 0) is 0 Å². The second-order valence-corrected chi connectivity index (χ2v) is 1.53. The van der Waals surface area contributed by atoms with E-state index in [0.29, 0.717) is 6.54 Å². The van der Waals surface area contributed by atoms with Crippen molar-refractivity contribution < 1.29 is 4.79 Å². The second-order valence-electron chi connectivity index (χ2n) is 1.53. The van der Waals surface area contributed by atoms with Gasteiger partial charge < -0.3 is 10.6 Å². The molecule has 68 valence electrons. The molecule has 0 radical (unpaired) electrons. The normalized spacial score (nSPS) is 14.7. The smallest absolute Gasteiger partial charge is 0.234 e. The van der Waals surface area contributed by atoms with Gasteiger partial charge in [-0.25, -0.2) is 0 Å². The molecule has 0 unspecified atom stereocenters. The zero-order valence-corrected chi connectivity index (χ0v) is 8.03. The highest BCUT2D eigenvalue weighted by atomic mass is 16.2. The van der Waals surface area contributed by atoms with E-state index in [2.05, 4.69) is 10.6 Å². The Kier molecular flexibility index (Phi) is 14.4. The molecule has 1 aliphatic rings. The molecule has 0 spiro atoms. The Morgan fingerprint density at radius 2 is 1.64 bits per heavy atom. The van der Waals surface area contributed by atoms with E-state index < -0.39 is 0 Å². The summed E-state index contributed by atoms with van der Waals surface area (Å²) in [5.74, 6) is 0.103. The number of amides is 1. The van der Waals surface area contributed by atoms with E-state index in [1.54, 1.807) is 0 Å². The minimum atomic E-state index is 0.103. The molecule has 1 aliphatic heterocycles. The third kappa shape index (κ3) is 9.43. The fourth-order valence-electron chi connectivity index (χ4n) is 0.555. The van der Waals surface area contributed by atoms with Gasteiger partial charge in [-0.15, -0.1) is 0 Å². The molecule has 11 heavy (non-hydrogen) atoms. The van der Waals surface area contributed by atoms with E-state index >= 15 is 0 Å². The van der Waals surface area contributed by atoms with Crippen LogP contribution in [-0.4, -0.2) is 25.5 Å². The summed E-state index contributed by atoms with van der Waals surface area (Å²) in [6.07, 6.45) is 0. The number of hydrogen-bond acceptors (Lipinski definition) is 2. The van der Waals surface area contributed by atoms with Gasteiger partial charge in [0.25, 0.3) is 0 Å². The molecular formula is C8H20N2O. The highest BCUT2D eigenvalue weighted by Gasteiger charge is 2.02. The van der Waals surface area contributed by atoms with Gasteiger partial charge in [0.2, 0.25) is 5.91 Å². The van der Waals surface area contributed by atoms with E-state index in [1.807, 2.05) is 27.7 Å². The molecule has 1 amide bonds. The summed E-state index contributed by atoms with van der Waals surface area (Å²) >= 11 is 0. The Balaban J connectivity index is 0. The van der Waals surface area contributed by atoms with Gasteiger partial charge in [-0.1, -0.05) is 27.7 Å². The Hall–Kier alpha value is -0.570. The molecule has 0 bridgehead atoms. The van der Waals surface area contributed by atoms with Crippen molar-refractivity contribution in [3.05, 3.63) is 0 Å². The topological polar surface area (TPSA) is 41.1 Å². The minimum Gasteiger partial charge on any atom is -0.354 e. The average Bonchev–Trinajstić information content (AvgIpc) is 2.13. The largest absolute Gasteiger partial charge is 0.354 e. The van der Waals surface area contributed by atoms with Crippen LogP contribution >= 0.6 is 0 Å². The van der Waals surface area contributed by atoms with Crippen molar-refractivity contribution in [1.29, 1.82) is 0 Å². The molecule has 1 saturated heterocycles. The molecule has 1 rings (SSSR count). The lowest BCUT2D eigenvalue weighted by molar-refractivity contribution is -0.121. The van der Waals surface area contributed by atoms with Crippen molar-refractivity contribution in [3.8, 4) is 0 Å². The van der Waals surface area contributed by atoms with Crippen LogP contribution in [0.5, 0.6) is 0 Å². The molecule has 2 N–H and O–H groups in total. The first-order valence-corrected chi connectivity index (χ1v) is 4.37. The Morgan fingerprint density at radius 1 is 1.09 bits per heavy atom. The number of carbonyl (C=O) groups is 1. The zero-order chi connectivity index (χ0) is 9.11. The van der Waals surface area contributed by atoms with Crippen LogP contribution < -0.4 is 10.6 Å². The van der Waals surface area contributed by atoms with Gasteiger partial charge in [-0.3, -0.25) is 4.79 Å². The Labute approximate surface area is 69.6 Å². The zero-order valence-electron chi connectivity index (χ0n) is 8.03. The standard InChI is InChI=1S/C4H8N2O.2C2H6/c7-4-3-5-1-2-6-4;2*1-2/h5H,1-3H2,(H,6,7);2*1-2H3. The Bertz CT molecular complexity index is 76.2. The van der Waals surface area contributed by atoms with E-state index in [1.165, 1.54) is 0 Å². The average molecular weight is 160 g/mol. The molecule has 0 aromatic heterocycles. The number of nitrogens with one attached hydrogen (secondary N) is 2. The molecule has 3 heteroatoms. The maximum atomic E-state index is 10.3. The van der Waals surface area contributed by atoms with Crippen LogP contribution in [-0.2, 0) is 4.79 Å². The number of piperazine rings is 1. The number of hydrogen-bond donors (Lipinski definition) is 2. The monoisotopic (exact) mass is 160 g/mol. The van der Waals surface area contributed by atoms with Crippen LogP contribution in [0.1, 0.15) is 27.7 Å². The van der Waals surface area contributed by atoms with Gasteiger partial charge in [0.05, 0.1) is 6.54 Å². The molecule has 0 saturated carbocycles. The van der Waals surface area contributed by atoms with Gasteiger partial charge in [0, 0.05) is 13.1 Å². The van der Waals surface area contributed by atoms with Crippen molar-refractivity contribution >= 4 is 5.91 Å². The van der Waals surface area contributed by atoms with Crippen molar-refractivity contribution in [2.45, 2.75) is 27.7 Å². The summed E-state index contributed by atoms with van der Waals surface area (Å²) in [6, 6.07) is 0. The predicted molar refractivity (Wildman–Crippen MR) is 48.6 cm³/mol.